The number of rotatable bonds is 5. The van der Waals surface area contributed by atoms with Crippen LogP contribution in [0.3, 0.4) is 0 Å². The molecule has 4 nitrogen and oxygen atoms in total. The number of nitrogens with one attached hydrogen (secondary N) is 1. The Morgan fingerprint density at radius 3 is 2.07 bits per heavy atom. The number of morpholine rings is 1. The van der Waals surface area contributed by atoms with E-state index < -0.39 is 11.7 Å². The van der Waals surface area contributed by atoms with Crippen molar-refractivity contribution in [2.24, 2.45) is 0 Å². The molecule has 1 aliphatic heterocycles. The van der Waals surface area contributed by atoms with E-state index in [1.54, 1.807) is 4.90 Å². The topological polar surface area (TPSA) is 41.6 Å². The third kappa shape index (κ3) is 5.30. The molecule has 27 heavy (non-hydrogen) atoms. The summed E-state index contributed by atoms with van der Waals surface area (Å²) in [5.41, 5.74) is 1.92. The molecular formula is C20H21F3N2O2. The zero-order valence-electron chi connectivity index (χ0n) is 14.8. The number of hydrogen-bond acceptors (Lipinski definition) is 3. The molecule has 0 aromatic heterocycles. The molecule has 0 spiro atoms. The quantitative estimate of drug-likeness (QED) is 0.868. The van der Waals surface area contributed by atoms with E-state index in [-0.39, 0.29) is 12.5 Å². The van der Waals surface area contributed by atoms with E-state index in [9.17, 15) is 18.0 Å². The first-order chi connectivity index (χ1) is 12.9. The van der Waals surface area contributed by atoms with Gasteiger partial charge in [-0.15, -0.1) is 0 Å². The van der Waals surface area contributed by atoms with E-state index in [0.717, 1.165) is 28.8 Å². The molecule has 0 radical (unpaired) electrons. The minimum Gasteiger partial charge on any atom is -0.378 e. The van der Waals surface area contributed by atoms with Crippen molar-refractivity contribution < 1.29 is 22.7 Å². The molecular weight excluding hydrogens is 357 g/mol. The maximum absolute atomic E-state index is 12.6. The second-order valence-electron chi connectivity index (χ2n) is 6.37. The van der Waals surface area contributed by atoms with Crippen molar-refractivity contribution in [1.29, 1.82) is 0 Å². The molecule has 2 aromatic carbocycles. The molecule has 144 valence electrons. The highest BCUT2D eigenvalue weighted by molar-refractivity contribution is 5.78. The van der Waals surface area contributed by atoms with Gasteiger partial charge < -0.3 is 15.0 Å². The van der Waals surface area contributed by atoms with Crippen LogP contribution in [0.4, 0.5) is 13.2 Å². The maximum Gasteiger partial charge on any atom is 0.416 e. The molecule has 1 N–H and O–H groups in total. The molecule has 0 atom stereocenters. The molecule has 3 rings (SSSR count). The van der Waals surface area contributed by atoms with E-state index in [1.165, 1.54) is 12.1 Å². The van der Waals surface area contributed by atoms with E-state index in [0.29, 0.717) is 32.8 Å². The van der Waals surface area contributed by atoms with Crippen molar-refractivity contribution in [3.63, 3.8) is 0 Å². The summed E-state index contributed by atoms with van der Waals surface area (Å²) < 4.78 is 43.1. The normalized spacial score (nSPS) is 15.0. The largest absolute Gasteiger partial charge is 0.416 e. The fraction of sp³-hybridized carbons (Fsp3) is 0.350. The summed E-state index contributed by atoms with van der Waals surface area (Å²) in [6, 6.07) is 12.6. The number of carbonyl (C=O) groups is 1. The van der Waals surface area contributed by atoms with Crippen molar-refractivity contribution in [2.75, 3.05) is 32.8 Å². The van der Waals surface area contributed by atoms with Crippen LogP contribution in [0.15, 0.2) is 48.5 Å². The van der Waals surface area contributed by atoms with Gasteiger partial charge in [-0.05, 0) is 28.8 Å². The first kappa shape index (κ1) is 19.4. The number of carbonyl (C=O) groups excluding carboxylic acids is 1. The molecule has 7 heteroatoms. The Bertz CT molecular complexity index is 752. The maximum atomic E-state index is 12.6. The van der Waals surface area contributed by atoms with Crippen molar-refractivity contribution >= 4 is 5.91 Å². The third-order valence-electron chi connectivity index (χ3n) is 4.47. The van der Waals surface area contributed by atoms with Gasteiger partial charge in [0.2, 0.25) is 5.91 Å². The first-order valence-corrected chi connectivity index (χ1v) is 8.76. The predicted octanol–water partition coefficient (Wildman–Crippen LogP) is 3.32. The Balaban J connectivity index is 1.52. The lowest BCUT2D eigenvalue weighted by Gasteiger charge is -2.26. The van der Waals surface area contributed by atoms with Crippen LogP contribution in [0.5, 0.6) is 0 Å². The summed E-state index contributed by atoms with van der Waals surface area (Å²) in [6.45, 7) is 3.23. The highest BCUT2D eigenvalue weighted by Crippen LogP contribution is 2.31. The van der Waals surface area contributed by atoms with Crippen LogP contribution in [0.25, 0.3) is 11.1 Å². The summed E-state index contributed by atoms with van der Waals surface area (Å²) in [7, 11) is 0. The molecule has 0 unspecified atom stereocenters. The standard InChI is InChI=1S/C20H21F3N2O2/c21-20(22,23)18-7-5-17(6-8-18)16-3-1-15(2-4-16)13-24-14-19(26)25-9-11-27-12-10-25/h1-8,24H,9-14H2. The fourth-order valence-electron chi connectivity index (χ4n) is 2.91. The summed E-state index contributed by atoms with van der Waals surface area (Å²) in [5, 5.41) is 3.13. The lowest BCUT2D eigenvalue weighted by Crippen LogP contribution is -2.44. The number of nitrogens with zero attached hydrogens (tertiary/aromatic N) is 1. The average molecular weight is 378 g/mol. The van der Waals surface area contributed by atoms with E-state index in [4.69, 9.17) is 4.74 Å². The lowest BCUT2D eigenvalue weighted by atomic mass is 10.0. The SMILES string of the molecule is O=C(CNCc1ccc(-c2ccc(C(F)(F)F)cc2)cc1)N1CCOCC1. The summed E-state index contributed by atoms with van der Waals surface area (Å²) in [4.78, 5) is 13.8. The van der Waals surface area contributed by atoms with Gasteiger partial charge in [0.05, 0.1) is 25.3 Å². The number of hydrogen-bond donors (Lipinski definition) is 1. The van der Waals surface area contributed by atoms with Crippen LogP contribution in [-0.4, -0.2) is 43.7 Å². The first-order valence-electron chi connectivity index (χ1n) is 8.76. The Kier molecular flexibility index (Phi) is 6.13. The number of amides is 1. The number of halogens is 3. The third-order valence-corrected chi connectivity index (χ3v) is 4.47. The minimum absolute atomic E-state index is 0.0553. The minimum atomic E-state index is -4.33. The van der Waals surface area contributed by atoms with Crippen molar-refractivity contribution in [3.8, 4) is 11.1 Å². The van der Waals surface area contributed by atoms with Crippen LogP contribution >= 0.6 is 0 Å². The summed E-state index contributed by atoms with van der Waals surface area (Å²) in [6.07, 6.45) is -4.33. The van der Waals surface area contributed by atoms with Crippen molar-refractivity contribution in [2.45, 2.75) is 12.7 Å². The highest BCUT2D eigenvalue weighted by atomic mass is 19.4. The molecule has 1 heterocycles. The molecule has 1 aliphatic rings. The smallest absolute Gasteiger partial charge is 0.378 e. The number of ether oxygens (including phenoxy) is 1. The van der Waals surface area contributed by atoms with Gasteiger partial charge in [0.15, 0.2) is 0 Å². The molecule has 1 saturated heterocycles. The molecule has 0 aliphatic carbocycles. The summed E-state index contributed by atoms with van der Waals surface area (Å²) >= 11 is 0. The average Bonchev–Trinajstić information content (AvgIpc) is 2.68. The highest BCUT2D eigenvalue weighted by Gasteiger charge is 2.29. The predicted molar refractivity (Wildman–Crippen MR) is 96.0 cm³/mol. The van der Waals surface area contributed by atoms with E-state index >= 15 is 0 Å². The van der Waals surface area contributed by atoms with Gasteiger partial charge in [-0.3, -0.25) is 4.79 Å². The molecule has 2 aromatic rings. The Labute approximate surface area is 155 Å². The van der Waals surface area contributed by atoms with Crippen LogP contribution in [0.1, 0.15) is 11.1 Å². The van der Waals surface area contributed by atoms with E-state index in [2.05, 4.69) is 5.32 Å². The lowest BCUT2D eigenvalue weighted by molar-refractivity contribution is -0.137. The van der Waals surface area contributed by atoms with Crippen LogP contribution < -0.4 is 5.32 Å². The molecule has 1 amide bonds. The van der Waals surface area contributed by atoms with Gasteiger partial charge in [-0.2, -0.15) is 13.2 Å². The van der Waals surface area contributed by atoms with Crippen LogP contribution in [0.2, 0.25) is 0 Å². The summed E-state index contributed by atoms with van der Waals surface area (Å²) in [5.74, 6) is 0.0553. The fourth-order valence-corrected chi connectivity index (χ4v) is 2.91. The second kappa shape index (κ2) is 8.54. The van der Waals surface area contributed by atoms with Gasteiger partial charge in [-0.25, -0.2) is 0 Å². The second-order valence-corrected chi connectivity index (χ2v) is 6.37. The van der Waals surface area contributed by atoms with Crippen molar-refractivity contribution in [3.05, 3.63) is 59.7 Å². The molecule has 0 saturated carbocycles. The van der Waals surface area contributed by atoms with Gasteiger partial charge in [0.1, 0.15) is 0 Å². The number of benzene rings is 2. The number of alkyl halides is 3. The zero-order chi connectivity index (χ0) is 19.3. The Morgan fingerprint density at radius 1 is 0.963 bits per heavy atom. The van der Waals surface area contributed by atoms with Crippen LogP contribution in [0, 0.1) is 0 Å². The van der Waals surface area contributed by atoms with Crippen molar-refractivity contribution in [1.82, 2.24) is 10.2 Å². The zero-order valence-corrected chi connectivity index (χ0v) is 14.8. The van der Waals surface area contributed by atoms with Gasteiger partial charge in [0, 0.05) is 19.6 Å². The molecule has 1 fully saturated rings. The molecule has 0 bridgehead atoms. The van der Waals surface area contributed by atoms with Gasteiger partial charge in [-0.1, -0.05) is 36.4 Å². The van der Waals surface area contributed by atoms with E-state index in [1.807, 2.05) is 24.3 Å². The Morgan fingerprint density at radius 2 is 1.52 bits per heavy atom. The van der Waals surface area contributed by atoms with Gasteiger partial charge >= 0.3 is 6.18 Å². The van der Waals surface area contributed by atoms with Crippen LogP contribution in [-0.2, 0) is 22.3 Å². The Hall–Kier alpha value is -2.38. The monoisotopic (exact) mass is 378 g/mol. The van der Waals surface area contributed by atoms with Gasteiger partial charge in [0.25, 0.3) is 0 Å².